The van der Waals surface area contributed by atoms with Crippen molar-refractivity contribution in [1.82, 2.24) is 5.32 Å². The highest BCUT2D eigenvalue weighted by molar-refractivity contribution is 5.81. The second kappa shape index (κ2) is 11.2. The molecule has 28 heavy (non-hydrogen) atoms. The number of amides is 1. The average molecular weight is 386 g/mol. The van der Waals surface area contributed by atoms with Gasteiger partial charge in [0, 0.05) is 6.54 Å². The molecule has 0 spiro atoms. The number of carbonyl (C=O) groups excluding carboxylic acids is 1. The Kier molecular flexibility index (Phi) is 8.66. The molecular weight excluding hydrogens is 354 g/mol. The van der Waals surface area contributed by atoms with E-state index in [-0.39, 0.29) is 12.0 Å². The van der Waals surface area contributed by atoms with E-state index in [2.05, 4.69) is 17.4 Å². The topological polar surface area (TPSA) is 56.8 Å². The summed E-state index contributed by atoms with van der Waals surface area (Å²) in [5.41, 5.74) is 1.22. The minimum Gasteiger partial charge on any atom is -0.493 e. The fourth-order valence-electron chi connectivity index (χ4n) is 2.82. The van der Waals surface area contributed by atoms with E-state index in [4.69, 9.17) is 14.2 Å². The maximum absolute atomic E-state index is 12.4. The van der Waals surface area contributed by atoms with Crippen LogP contribution in [0.5, 0.6) is 17.2 Å². The van der Waals surface area contributed by atoms with E-state index in [1.54, 1.807) is 13.2 Å². The van der Waals surface area contributed by atoms with Crippen molar-refractivity contribution in [3.8, 4) is 17.2 Å². The van der Waals surface area contributed by atoms with Crippen LogP contribution in [-0.2, 0) is 11.2 Å². The Hall–Kier alpha value is -2.69. The van der Waals surface area contributed by atoms with Crippen LogP contribution in [0.4, 0.5) is 0 Å². The lowest BCUT2D eigenvalue weighted by molar-refractivity contribution is -0.128. The third kappa shape index (κ3) is 6.80. The summed E-state index contributed by atoms with van der Waals surface area (Å²) in [7, 11) is 1.59. The second-order valence-electron chi connectivity index (χ2n) is 6.87. The zero-order chi connectivity index (χ0) is 20.4. The second-order valence-corrected chi connectivity index (χ2v) is 6.87. The molecule has 0 aromatic heterocycles. The molecule has 0 aliphatic carbocycles. The molecule has 2 aromatic carbocycles. The highest BCUT2D eigenvalue weighted by Crippen LogP contribution is 2.27. The van der Waals surface area contributed by atoms with Crippen molar-refractivity contribution in [2.45, 2.75) is 52.2 Å². The van der Waals surface area contributed by atoms with E-state index in [1.165, 1.54) is 5.56 Å². The Labute approximate surface area is 168 Å². The number of hydrogen-bond acceptors (Lipinski definition) is 4. The Morgan fingerprint density at radius 1 is 1.00 bits per heavy atom. The van der Waals surface area contributed by atoms with E-state index in [0.717, 1.165) is 18.6 Å². The number of aryl methyl sites for hydroxylation is 1. The quantitative estimate of drug-likeness (QED) is 0.583. The lowest BCUT2D eigenvalue weighted by Gasteiger charge is -2.18. The molecule has 0 saturated carbocycles. The van der Waals surface area contributed by atoms with Gasteiger partial charge in [0.2, 0.25) is 0 Å². The Morgan fingerprint density at radius 3 is 2.29 bits per heavy atom. The summed E-state index contributed by atoms with van der Waals surface area (Å²) in [5.74, 6) is 1.98. The number of ether oxygens (including phenoxy) is 3. The van der Waals surface area contributed by atoms with Crippen LogP contribution < -0.4 is 19.5 Å². The number of para-hydroxylation sites is 2. The molecule has 0 aliphatic heterocycles. The van der Waals surface area contributed by atoms with Gasteiger partial charge in [0.15, 0.2) is 17.6 Å². The number of nitrogens with one attached hydrogen (secondary N) is 1. The fraction of sp³-hybridized carbons (Fsp3) is 0.435. The van der Waals surface area contributed by atoms with Crippen molar-refractivity contribution < 1.29 is 19.0 Å². The molecule has 0 fully saturated rings. The minimum absolute atomic E-state index is 0.103. The van der Waals surface area contributed by atoms with Crippen LogP contribution in [0.3, 0.4) is 0 Å². The van der Waals surface area contributed by atoms with Gasteiger partial charge in [-0.2, -0.15) is 0 Å². The summed E-state index contributed by atoms with van der Waals surface area (Å²) in [6, 6.07) is 15.5. The van der Waals surface area contributed by atoms with Crippen molar-refractivity contribution in [1.29, 1.82) is 0 Å². The van der Waals surface area contributed by atoms with Crippen molar-refractivity contribution in [2.24, 2.45) is 0 Å². The first-order chi connectivity index (χ1) is 13.5. The average Bonchev–Trinajstić information content (AvgIpc) is 2.70. The largest absolute Gasteiger partial charge is 0.493 e. The number of rotatable bonds is 11. The molecule has 1 N–H and O–H groups in total. The zero-order valence-electron chi connectivity index (χ0n) is 17.2. The maximum atomic E-state index is 12.4. The van der Waals surface area contributed by atoms with Crippen LogP contribution in [0, 0.1) is 0 Å². The Morgan fingerprint density at radius 2 is 1.68 bits per heavy atom. The first kappa shape index (κ1) is 21.6. The molecule has 0 radical (unpaired) electrons. The summed E-state index contributed by atoms with van der Waals surface area (Å²) in [6.45, 7) is 6.56. The van der Waals surface area contributed by atoms with E-state index in [0.29, 0.717) is 24.5 Å². The van der Waals surface area contributed by atoms with E-state index in [1.807, 2.05) is 51.1 Å². The molecule has 0 aliphatic rings. The molecule has 1 amide bonds. The van der Waals surface area contributed by atoms with Crippen LogP contribution in [-0.4, -0.2) is 31.8 Å². The molecule has 5 nitrogen and oxygen atoms in total. The van der Waals surface area contributed by atoms with Crippen molar-refractivity contribution in [3.63, 3.8) is 0 Å². The maximum Gasteiger partial charge on any atom is 0.261 e. The Bertz CT molecular complexity index is 728. The van der Waals surface area contributed by atoms with E-state index >= 15 is 0 Å². The molecular formula is C23H31NO4. The molecule has 1 atom stereocenters. The van der Waals surface area contributed by atoms with Gasteiger partial charge in [-0.05, 0) is 62.9 Å². The molecule has 0 saturated heterocycles. The normalized spacial score (nSPS) is 11.8. The Balaban J connectivity index is 1.77. The van der Waals surface area contributed by atoms with Crippen LogP contribution in [0.2, 0.25) is 0 Å². The van der Waals surface area contributed by atoms with Gasteiger partial charge in [-0.25, -0.2) is 0 Å². The van der Waals surface area contributed by atoms with Gasteiger partial charge in [0.1, 0.15) is 5.75 Å². The van der Waals surface area contributed by atoms with Gasteiger partial charge in [-0.1, -0.05) is 31.2 Å². The fourth-order valence-corrected chi connectivity index (χ4v) is 2.82. The number of carbonyl (C=O) groups is 1. The first-order valence-corrected chi connectivity index (χ1v) is 9.86. The summed E-state index contributed by atoms with van der Waals surface area (Å²) in [4.78, 5) is 12.4. The van der Waals surface area contributed by atoms with Crippen LogP contribution in [0.15, 0.2) is 48.5 Å². The summed E-state index contributed by atoms with van der Waals surface area (Å²) in [5, 5.41) is 2.97. The van der Waals surface area contributed by atoms with Crippen molar-refractivity contribution >= 4 is 5.91 Å². The number of hydrogen-bond donors (Lipinski definition) is 1. The van der Waals surface area contributed by atoms with Crippen LogP contribution >= 0.6 is 0 Å². The summed E-state index contributed by atoms with van der Waals surface area (Å²) < 4.78 is 16.8. The SMILES string of the molecule is CC[C@H](Oc1ccccc1OC)C(=O)NCCCc1ccc(OC(C)C)cc1. The van der Waals surface area contributed by atoms with Crippen molar-refractivity contribution in [3.05, 3.63) is 54.1 Å². The van der Waals surface area contributed by atoms with Crippen molar-refractivity contribution in [2.75, 3.05) is 13.7 Å². The van der Waals surface area contributed by atoms with Gasteiger partial charge in [-0.15, -0.1) is 0 Å². The lowest BCUT2D eigenvalue weighted by atomic mass is 10.1. The third-order valence-corrected chi connectivity index (χ3v) is 4.24. The van der Waals surface area contributed by atoms with Gasteiger partial charge in [0.25, 0.3) is 5.91 Å². The van der Waals surface area contributed by atoms with Gasteiger partial charge >= 0.3 is 0 Å². The molecule has 0 heterocycles. The standard InChI is InChI=1S/C23H31NO4/c1-5-20(28-22-11-7-6-10-21(22)26-4)23(25)24-16-8-9-18-12-14-19(15-13-18)27-17(2)3/h6-7,10-15,17,20H,5,8-9,16H2,1-4H3,(H,24,25)/t20-/m0/s1. The first-order valence-electron chi connectivity index (χ1n) is 9.86. The molecule has 152 valence electrons. The molecule has 2 rings (SSSR count). The monoisotopic (exact) mass is 385 g/mol. The molecule has 2 aromatic rings. The predicted octanol–water partition coefficient (Wildman–Crippen LogP) is 4.39. The molecule has 5 heteroatoms. The van der Waals surface area contributed by atoms with Crippen LogP contribution in [0.25, 0.3) is 0 Å². The number of methoxy groups -OCH3 is 1. The highest BCUT2D eigenvalue weighted by atomic mass is 16.5. The van der Waals surface area contributed by atoms with E-state index in [9.17, 15) is 4.79 Å². The molecule has 0 bridgehead atoms. The smallest absolute Gasteiger partial charge is 0.261 e. The van der Waals surface area contributed by atoms with Gasteiger partial charge in [0.05, 0.1) is 13.2 Å². The predicted molar refractivity (Wildman–Crippen MR) is 111 cm³/mol. The highest BCUT2D eigenvalue weighted by Gasteiger charge is 2.19. The lowest BCUT2D eigenvalue weighted by Crippen LogP contribution is -2.38. The number of benzene rings is 2. The van der Waals surface area contributed by atoms with Crippen LogP contribution in [0.1, 0.15) is 39.2 Å². The summed E-state index contributed by atoms with van der Waals surface area (Å²) >= 11 is 0. The zero-order valence-corrected chi connectivity index (χ0v) is 17.2. The molecule has 0 unspecified atom stereocenters. The third-order valence-electron chi connectivity index (χ3n) is 4.24. The minimum atomic E-state index is -0.538. The van der Waals surface area contributed by atoms with Gasteiger partial charge in [-0.3, -0.25) is 4.79 Å². The van der Waals surface area contributed by atoms with E-state index < -0.39 is 6.10 Å². The van der Waals surface area contributed by atoms with Gasteiger partial charge < -0.3 is 19.5 Å². The summed E-state index contributed by atoms with van der Waals surface area (Å²) in [6.07, 6.45) is 1.98.